The van der Waals surface area contributed by atoms with E-state index in [4.69, 9.17) is 10.7 Å². The molecule has 0 bridgehead atoms. The molecule has 0 fully saturated rings. The van der Waals surface area contributed by atoms with Crippen LogP contribution < -0.4 is 0 Å². The van der Waals surface area contributed by atoms with Crippen LogP contribution in [0, 0.1) is 0 Å². The van der Waals surface area contributed by atoms with Crippen LogP contribution in [0.15, 0.2) is 10.8 Å². The maximum absolute atomic E-state index is 12.1. The fraction of sp³-hybridized carbons (Fsp3) is 0.400. The molecule has 1 rings (SSSR count). The Hall–Kier alpha value is -0.690. The third-order valence-corrected chi connectivity index (χ3v) is 2.13. The fourth-order valence-corrected chi connectivity index (χ4v) is 1.58. The van der Waals surface area contributed by atoms with E-state index in [2.05, 4.69) is 9.40 Å². The van der Waals surface area contributed by atoms with Gasteiger partial charge in [-0.3, -0.25) is 0 Å². The van der Waals surface area contributed by atoms with Crippen LogP contribution in [0.2, 0.25) is 0 Å². The monoisotopic (exact) mass is 231 g/mol. The van der Waals surface area contributed by atoms with E-state index in [9.17, 15) is 17.2 Å². The molecule has 0 unspecified atom stereocenters. The van der Waals surface area contributed by atoms with E-state index in [1.807, 2.05) is 0 Å². The molecular weight excluding hydrogens is 228 g/mol. The van der Waals surface area contributed by atoms with Gasteiger partial charge < -0.3 is 4.42 Å². The second kappa shape index (κ2) is 3.59. The summed E-state index contributed by atoms with van der Waals surface area (Å²) in [7, 11) is 0.960. The molecule has 0 aliphatic heterocycles. The molecular formula is C5H4ClF2NO3S. The van der Waals surface area contributed by atoms with Crippen LogP contribution in [-0.4, -0.2) is 13.4 Å². The number of hydrogen-bond donors (Lipinski definition) is 0. The molecule has 0 aromatic carbocycles. The zero-order chi connectivity index (χ0) is 10.1. The van der Waals surface area contributed by atoms with Crippen LogP contribution in [-0.2, 0) is 14.8 Å². The molecule has 0 aliphatic carbocycles. The minimum Gasteiger partial charge on any atom is -0.442 e. The number of rotatable bonds is 3. The van der Waals surface area contributed by atoms with E-state index in [1.165, 1.54) is 0 Å². The molecule has 13 heavy (non-hydrogen) atoms. The van der Waals surface area contributed by atoms with Gasteiger partial charge in [-0.25, -0.2) is 22.2 Å². The standard InChI is InChI=1S/C5H4ClF2NO3S/c6-13(10,11)1-3-4(5(7)8)12-2-9-3/h2,5H,1H2. The Bertz CT molecular complexity index is 388. The average Bonchev–Trinajstić information content (AvgIpc) is 2.31. The first kappa shape index (κ1) is 10.4. The predicted octanol–water partition coefficient (Wildman–Crippen LogP) is 1.68. The number of hydrogen-bond acceptors (Lipinski definition) is 4. The van der Waals surface area contributed by atoms with Crippen molar-refractivity contribution in [1.29, 1.82) is 0 Å². The van der Waals surface area contributed by atoms with Gasteiger partial charge in [0.25, 0.3) is 6.43 Å². The minimum atomic E-state index is -3.89. The third kappa shape index (κ3) is 2.92. The topological polar surface area (TPSA) is 60.2 Å². The molecule has 0 atom stereocenters. The molecule has 0 spiro atoms. The SMILES string of the molecule is O=S(=O)(Cl)Cc1ncoc1C(F)F. The van der Waals surface area contributed by atoms with Gasteiger partial charge >= 0.3 is 0 Å². The van der Waals surface area contributed by atoms with Crippen molar-refractivity contribution in [1.82, 2.24) is 4.98 Å². The number of alkyl halides is 2. The molecule has 0 amide bonds. The summed E-state index contributed by atoms with van der Waals surface area (Å²) in [6.45, 7) is 0. The normalized spacial score (nSPS) is 12.3. The molecule has 0 saturated heterocycles. The summed E-state index contributed by atoms with van der Waals surface area (Å²) in [5.74, 6) is -1.52. The van der Waals surface area contributed by atoms with Gasteiger partial charge in [-0.15, -0.1) is 0 Å². The van der Waals surface area contributed by atoms with Gasteiger partial charge in [-0.2, -0.15) is 0 Å². The molecule has 0 saturated carbocycles. The van der Waals surface area contributed by atoms with Crippen molar-refractivity contribution in [2.45, 2.75) is 12.2 Å². The Labute approximate surface area is 76.9 Å². The molecule has 1 aromatic rings. The highest BCUT2D eigenvalue weighted by molar-refractivity contribution is 8.13. The van der Waals surface area contributed by atoms with E-state index in [-0.39, 0.29) is 5.69 Å². The summed E-state index contributed by atoms with van der Waals surface area (Å²) in [4.78, 5) is 3.31. The van der Waals surface area contributed by atoms with Gasteiger partial charge in [-0.05, 0) is 0 Å². The maximum atomic E-state index is 12.1. The summed E-state index contributed by atoms with van der Waals surface area (Å²) in [6.07, 6.45) is -2.14. The highest BCUT2D eigenvalue weighted by Crippen LogP contribution is 2.23. The summed E-state index contributed by atoms with van der Waals surface area (Å²) in [6, 6.07) is 0. The first-order valence-electron chi connectivity index (χ1n) is 3.03. The maximum Gasteiger partial charge on any atom is 0.297 e. The Balaban J connectivity index is 2.96. The van der Waals surface area contributed by atoms with Crippen molar-refractivity contribution in [3.8, 4) is 0 Å². The van der Waals surface area contributed by atoms with Gasteiger partial charge in [0.05, 0.1) is 0 Å². The fourth-order valence-electron chi connectivity index (χ4n) is 0.727. The van der Waals surface area contributed by atoms with E-state index < -0.39 is 27.0 Å². The molecule has 4 nitrogen and oxygen atoms in total. The van der Waals surface area contributed by atoms with E-state index in [0.29, 0.717) is 0 Å². The Kier molecular flexibility index (Phi) is 2.87. The summed E-state index contributed by atoms with van der Waals surface area (Å²) >= 11 is 0. The van der Waals surface area contributed by atoms with E-state index in [0.717, 1.165) is 6.39 Å². The van der Waals surface area contributed by atoms with Crippen LogP contribution >= 0.6 is 10.7 Å². The zero-order valence-corrected chi connectivity index (χ0v) is 7.65. The van der Waals surface area contributed by atoms with Crippen LogP contribution in [0.1, 0.15) is 17.9 Å². The quantitative estimate of drug-likeness (QED) is 0.743. The van der Waals surface area contributed by atoms with Gasteiger partial charge in [-0.1, -0.05) is 0 Å². The summed E-state index contributed by atoms with van der Waals surface area (Å²) in [5.41, 5.74) is -0.356. The van der Waals surface area contributed by atoms with Crippen LogP contribution in [0.25, 0.3) is 0 Å². The first-order valence-corrected chi connectivity index (χ1v) is 5.51. The lowest BCUT2D eigenvalue weighted by atomic mass is 10.4. The van der Waals surface area contributed by atoms with Crippen molar-refractivity contribution in [2.75, 3.05) is 0 Å². The van der Waals surface area contributed by atoms with Crippen LogP contribution in [0.4, 0.5) is 8.78 Å². The second-order valence-corrected chi connectivity index (χ2v) is 4.92. The average molecular weight is 232 g/mol. The van der Waals surface area contributed by atoms with Crippen molar-refractivity contribution < 1.29 is 21.6 Å². The number of nitrogens with zero attached hydrogens (tertiary/aromatic N) is 1. The summed E-state index contributed by atoms with van der Waals surface area (Å²) < 4.78 is 49.4. The highest BCUT2D eigenvalue weighted by atomic mass is 35.7. The minimum absolute atomic E-state index is 0.356. The van der Waals surface area contributed by atoms with Gasteiger partial charge in [0.1, 0.15) is 11.4 Å². The van der Waals surface area contributed by atoms with Gasteiger partial charge in [0.15, 0.2) is 12.2 Å². The lowest BCUT2D eigenvalue weighted by Crippen LogP contribution is -1.99. The highest BCUT2D eigenvalue weighted by Gasteiger charge is 2.21. The van der Waals surface area contributed by atoms with Crippen LogP contribution in [0.5, 0.6) is 0 Å². The number of oxazole rings is 1. The van der Waals surface area contributed by atoms with Crippen molar-refractivity contribution in [2.24, 2.45) is 0 Å². The van der Waals surface area contributed by atoms with Crippen molar-refractivity contribution in [3.63, 3.8) is 0 Å². The summed E-state index contributed by atoms with van der Waals surface area (Å²) in [5, 5.41) is 0. The molecule has 1 heterocycles. The lowest BCUT2D eigenvalue weighted by Gasteiger charge is -1.96. The largest absolute Gasteiger partial charge is 0.442 e. The lowest BCUT2D eigenvalue weighted by molar-refractivity contribution is 0.120. The van der Waals surface area contributed by atoms with Crippen molar-refractivity contribution >= 4 is 19.7 Å². The van der Waals surface area contributed by atoms with Crippen LogP contribution in [0.3, 0.4) is 0 Å². The van der Waals surface area contributed by atoms with Gasteiger partial charge in [0, 0.05) is 10.7 Å². The molecule has 8 heteroatoms. The second-order valence-electron chi connectivity index (χ2n) is 2.15. The van der Waals surface area contributed by atoms with Gasteiger partial charge in [0.2, 0.25) is 9.05 Å². The van der Waals surface area contributed by atoms with Crippen molar-refractivity contribution in [3.05, 3.63) is 17.8 Å². The number of halogens is 3. The third-order valence-electron chi connectivity index (χ3n) is 1.18. The Morgan fingerprint density at radius 1 is 1.62 bits per heavy atom. The van der Waals surface area contributed by atoms with E-state index in [1.54, 1.807) is 0 Å². The Morgan fingerprint density at radius 2 is 2.23 bits per heavy atom. The number of aromatic nitrogens is 1. The smallest absolute Gasteiger partial charge is 0.297 e. The zero-order valence-electron chi connectivity index (χ0n) is 6.08. The first-order chi connectivity index (χ1) is 5.90. The Morgan fingerprint density at radius 3 is 2.69 bits per heavy atom. The predicted molar refractivity (Wildman–Crippen MR) is 39.9 cm³/mol. The molecule has 74 valence electrons. The molecule has 1 aromatic heterocycles. The van der Waals surface area contributed by atoms with E-state index >= 15 is 0 Å². The molecule has 0 aliphatic rings. The molecule has 0 N–H and O–H groups in total. The molecule has 0 radical (unpaired) electrons.